The number of aromatic amines is 1. The number of halogens is 2. The Morgan fingerprint density at radius 3 is 2.72 bits per heavy atom. The monoisotopic (exact) mass is 408 g/mol. The van der Waals surface area contributed by atoms with Crippen LogP contribution in [0.25, 0.3) is 22.1 Å². The summed E-state index contributed by atoms with van der Waals surface area (Å²) in [6.45, 7) is 2.24. The summed E-state index contributed by atoms with van der Waals surface area (Å²) >= 11 is 6.04. The zero-order valence-electron chi connectivity index (χ0n) is 16.2. The number of rotatable bonds is 3. The Morgan fingerprint density at radius 2 is 1.90 bits per heavy atom. The predicted molar refractivity (Wildman–Crippen MR) is 114 cm³/mol. The molecule has 1 unspecified atom stereocenters. The van der Waals surface area contributed by atoms with Crippen molar-refractivity contribution in [3.05, 3.63) is 65.0 Å². The molecule has 1 fully saturated rings. The molecule has 6 heteroatoms. The molecule has 1 aliphatic rings. The van der Waals surface area contributed by atoms with Crippen molar-refractivity contribution >= 4 is 33.7 Å². The van der Waals surface area contributed by atoms with Gasteiger partial charge in [0.05, 0.1) is 10.5 Å². The number of aromatic nitrogens is 4. The van der Waals surface area contributed by atoms with Gasteiger partial charge in [-0.3, -0.25) is 4.98 Å². The maximum absolute atomic E-state index is 13.8. The molecule has 0 bridgehead atoms. The number of benzene rings is 1. The van der Waals surface area contributed by atoms with Crippen molar-refractivity contribution in [3.63, 3.8) is 0 Å². The SMILES string of the molecule is CC(c1nc2cc(Cl)cnc2[nH]1)[C@H]1CC[C@@H](c2ccnc3ccc(F)cc32)CC1. The maximum Gasteiger partial charge on any atom is 0.157 e. The van der Waals surface area contributed by atoms with E-state index in [1.54, 1.807) is 18.3 Å². The molecule has 0 amide bonds. The summed E-state index contributed by atoms with van der Waals surface area (Å²) in [6.07, 6.45) is 7.91. The molecule has 0 radical (unpaired) electrons. The minimum atomic E-state index is -0.201. The molecule has 1 aromatic carbocycles. The van der Waals surface area contributed by atoms with Crippen molar-refractivity contribution in [2.75, 3.05) is 0 Å². The van der Waals surface area contributed by atoms with E-state index in [2.05, 4.69) is 27.9 Å². The summed E-state index contributed by atoms with van der Waals surface area (Å²) in [7, 11) is 0. The quantitative estimate of drug-likeness (QED) is 0.428. The van der Waals surface area contributed by atoms with E-state index in [1.165, 1.54) is 11.6 Å². The number of nitrogens with zero attached hydrogens (tertiary/aromatic N) is 3. The molecule has 1 atom stereocenters. The van der Waals surface area contributed by atoms with Gasteiger partial charge in [0, 0.05) is 23.7 Å². The van der Waals surface area contributed by atoms with Crippen LogP contribution in [0.4, 0.5) is 4.39 Å². The lowest BCUT2D eigenvalue weighted by Gasteiger charge is -2.32. The van der Waals surface area contributed by atoms with Gasteiger partial charge in [0.25, 0.3) is 0 Å². The molecular formula is C23H22ClFN4. The average Bonchev–Trinajstić information content (AvgIpc) is 3.16. The Kier molecular flexibility index (Phi) is 4.70. The first-order valence-electron chi connectivity index (χ1n) is 10.1. The van der Waals surface area contributed by atoms with Crippen LogP contribution < -0.4 is 0 Å². The Hall–Kier alpha value is -2.53. The molecule has 0 aliphatic heterocycles. The highest BCUT2D eigenvalue weighted by molar-refractivity contribution is 6.31. The van der Waals surface area contributed by atoms with Gasteiger partial charge in [-0.15, -0.1) is 0 Å². The van der Waals surface area contributed by atoms with Crippen molar-refractivity contribution in [2.45, 2.75) is 44.4 Å². The summed E-state index contributed by atoms with van der Waals surface area (Å²) in [5, 5.41) is 1.55. The molecular weight excluding hydrogens is 387 g/mol. The van der Waals surface area contributed by atoms with Crippen molar-refractivity contribution < 1.29 is 4.39 Å². The number of hydrogen-bond donors (Lipinski definition) is 1. The Balaban J connectivity index is 1.34. The van der Waals surface area contributed by atoms with E-state index < -0.39 is 0 Å². The second-order valence-corrected chi connectivity index (χ2v) is 8.54. The van der Waals surface area contributed by atoms with Crippen LogP contribution in [0.15, 0.2) is 42.7 Å². The Labute approximate surface area is 173 Å². The highest BCUT2D eigenvalue weighted by Gasteiger charge is 2.29. The van der Waals surface area contributed by atoms with E-state index in [0.29, 0.717) is 22.8 Å². The Bertz CT molecular complexity index is 1180. The molecule has 29 heavy (non-hydrogen) atoms. The first-order valence-corrected chi connectivity index (χ1v) is 10.5. The summed E-state index contributed by atoms with van der Waals surface area (Å²) in [5.74, 6) is 2.12. The van der Waals surface area contributed by atoms with Gasteiger partial charge in [0.1, 0.15) is 17.2 Å². The molecule has 148 valence electrons. The first kappa shape index (κ1) is 18.5. The van der Waals surface area contributed by atoms with Crippen LogP contribution in [0.3, 0.4) is 0 Å². The molecule has 0 spiro atoms. The van der Waals surface area contributed by atoms with Crippen LogP contribution in [0.2, 0.25) is 5.02 Å². The molecule has 4 aromatic rings. The van der Waals surface area contributed by atoms with E-state index >= 15 is 0 Å². The highest BCUT2D eigenvalue weighted by Crippen LogP contribution is 2.42. The van der Waals surface area contributed by atoms with E-state index in [4.69, 9.17) is 16.6 Å². The third kappa shape index (κ3) is 3.48. The predicted octanol–water partition coefficient (Wildman–Crippen LogP) is 6.38. The highest BCUT2D eigenvalue weighted by atomic mass is 35.5. The Morgan fingerprint density at radius 1 is 1.07 bits per heavy atom. The molecule has 1 saturated carbocycles. The second-order valence-electron chi connectivity index (χ2n) is 8.11. The van der Waals surface area contributed by atoms with Crippen molar-refractivity contribution in [3.8, 4) is 0 Å². The zero-order chi connectivity index (χ0) is 20.0. The standard InChI is InChI=1S/C23H22ClFN4/c1-13(22-28-21-10-16(24)12-27-23(21)29-22)14-2-4-15(5-3-14)18-8-9-26-20-7-6-17(25)11-19(18)20/h6-15H,2-5H2,1H3,(H,27,28,29)/t13?,14-,15+. The summed E-state index contributed by atoms with van der Waals surface area (Å²) in [5.41, 5.74) is 3.70. The molecule has 4 nitrogen and oxygen atoms in total. The van der Waals surface area contributed by atoms with Crippen LogP contribution in [-0.4, -0.2) is 19.9 Å². The fourth-order valence-electron chi connectivity index (χ4n) is 4.75. The van der Waals surface area contributed by atoms with E-state index in [1.807, 2.05) is 12.3 Å². The van der Waals surface area contributed by atoms with Gasteiger partial charge < -0.3 is 4.98 Å². The smallest absolute Gasteiger partial charge is 0.157 e. The fourth-order valence-corrected chi connectivity index (χ4v) is 4.91. The van der Waals surface area contributed by atoms with Crippen LogP contribution >= 0.6 is 11.6 Å². The van der Waals surface area contributed by atoms with Crippen LogP contribution in [0, 0.1) is 11.7 Å². The average molecular weight is 409 g/mol. The van der Waals surface area contributed by atoms with E-state index in [0.717, 1.165) is 53.6 Å². The lowest BCUT2D eigenvalue weighted by molar-refractivity contribution is 0.286. The lowest BCUT2D eigenvalue weighted by Crippen LogP contribution is -2.19. The van der Waals surface area contributed by atoms with Gasteiger partial charge in [-0.25, -0.2) is 14.4 Å². The van der Waals surface area contributed by atoms with E-state index in [9.17, 15) is 4.39 Å². The van der Waals surface area contributed by atoms with Gasteiger partial charge in [0.2, 0.25) is 0 Å². The molecule has 5 rings (SSSR count). The molecule has 3 heterocycles. The second kappa shape index (κ2) is 7.38. The fraction of sp³-hybridized carbons (Fsp3) is 0.348. The molecule has 1 N–H and O–H groups in total. The third-order valence-electron chi connectivity index (χ3n) is 6.41. The van der Waals surface area contributed by atoms with E-state index in [-0.39, 0.29) is 5.82 Å². The van der Waals surface area contributed by atoms with Crippen LogP contribution in [0.5, 0.6) is 0 Å². The number of pyridine rings is 2. The summed E-state index contributed by atoms with van der Waals surface area (Å²) in [4.78, 5) is 16.8. The summed E-state index contributed by atoms with van der Waals surface area (Å²) in [6, 6.07) is 8.78. The zero-order valence-corrected chi connectivity index (χ0v) is 17.0. The number of fused-ring (bicyclic) bond motifs is 2. The van der Waals surface area contributed by atoms with Gasteiger partial charge in [-0.1, -0.05) is 18.5 Å². The maximum atomic E-state index is 13.8. The molecule has 3 aromatic heterocycles. The number of H-pyrrole nitrogens is 1. The van der Waals surface area contributed by atoms with Gasteiger partial charge >= 0.3 is 0 Å². The molecule has 0 saturated heterocycles. The van der Waals surface area contributed by atoms with Gasteiger partial charge in [0.15, 0.2) is 5.65 Å². The van der Waals surface area contributed by atoms with Gasteiger partial charge in [-0.05, 0) is 73.4 Å². The lowest BCUT2D eigenvalue weighted by atomic mass is 9.73. The number of hydrogen-bond acceptors (Lipinski definition) is 3. The largest absolute Gasteiger partial charge is 0.326 e. The molecule has 1 aliphatic carbocycles. The third-order valence-corrected chi connectivity index (χ3v) is 6.62. The van der Waals surface area contributed by atoms with Crippen molar-refractivity contribution in [1.29, 1.82) is 0 Å². The van der Waals surface area contributed by atoms with Crippen molar-refractivity contribution in [2.24, 2.45) is 5.92 Å². The minimum Gasteiger partial charge on any atom is -0.326 e. The van der Waals surface area contributed by atoms with Crippen molar-refractivity contribution in [1.82, 2.24) is 19.9 Å². The number of imidazole rings is 1. The normalized spacial score (nSPS) is 20.9. The van der Waals surface area contributed by atoms with Crippen LogP contribution in [0.1, 0.15) is 55.8 Å². The first-order chi connectivity index (χ1) is 14.1. The number of nitrogens with one attached hydrogen (secondary N) is 1. The van der Waals surface area contributed by atoms with Crippen LogP contribution in [-0.2, 0) is 0 Å². The summed E-state index contributed by atoms with van der Waals surface area (Å²) < 4.78 is 13.8. The van der Waals surface area contributed by atoms with Gasteiger partial charge in [-0.2, -0.15) is 0 Å². The topological polar surface area (TPSA) is 54.5 Å². The minimum absolute atomic E-state index is 0.201.